The van der Waals surface area contributed by atoms with E-state index < -0.39 is 0 Å². The van der Waals surface area contributed by atoms with Crippen molar-refractivity contribution in [1.82, 2.24) is 4.90 Å². The molecule has 3 nitrogen and oxygen atoms in total. The molecule has 2 saturated heterocycles. The first kappa shape index (κ1) is 15.9. The van der Waals surface area contributed by atoms with Crippen molar-refractivity contribution in [1.29, 1.82) is 0 Å². The van der Waals surface area contributed by atoms with Crippen molar-refractivity contribution >= 4 is 0 Å². The van der Waals surface area contributed by atoms with Crippen molar-refractivity contribution in [3.8, 4) is 0 Å². The van der Waals surface area contributed by atoms with Gasteiger partial charge >= 0.3 is 0 Å². The number of hydrogen-bond acceptors (Lipinski definition) is 3. The van der Waals surface area contributed by atoms with Crippen molar-refractivity contribution in [2.75, 3.05) is 13.1 Å². The van der Waals surface area contributed by atoms with Crippen LogP contribution in [0.2, 0.25) is 0 Å². The summed E-state index contributed by atoms with van der Waals surface area (Å²) >= 11 is 0. The quantitative estimate of drug-likeness (QED) is 0.786. The predicted octanol–water partition coefficient (Wildman–Crippen LogP) is 2.88. The van der Waals surface area contributed by atoms with Crippen molar-refractivity contribution in [3.63, 3.8) is 0 Å². The van der Waals surface area contributed by atoms with Crippen molar-refractivity contribution in [3.05, 3.63) is 0 Å². The van der Waals surface area contributed by atoms with E-state index in [4.69, 9.17) is 10.5 Å². The van der Waals surface area contributed by atoms with Crippen LogP contribution < -0.4 is 5.73 Å². The fourth-order valence-corrected chi connectivity index (χ4v) is 3.20. The molecule has 0 bridgehead atoms. The van der Waals surface area contributed by atoms with Gasteiger partial charge in [-0.2, -0.15) is 0 Å². The first-order chi connectivity index (χ1) is 8.56. The Labute approximate surface area is 115 Å². The standard InChI is InChI=1S/C13H26N2O.C2H6.H2/c1-9-8-15(5-4-13(9)14)12-6-10(2)16-11(3)7-12;1-2;/h9-13H,4-8,14H2,1-3H3;1-2H3;1H. The van der Waals surface area contributed by atoms with Gasteiger partial charge in [-0.1, -0.05) is 20.8 Å². The molecule has 2 heterocycles. The second kappa shape index (κ2) is 7.46. The summed E-state index contributed by atoms with van der Waals surface area (Å²) in [5.74, 6) is 0.641. The highest BCUT2D eigenvalue weighted by molar-refractivity contribution is 4.87. The number of rotatable bonds is 1. The third kappa shape index (κ3) is 4.22. The molecule has 4 atom stereocenters. The monoisotopic (exact) mass is 258 g/mol. The van der Waals surface area contributed by atoms with Crippen LogP contribution >= 0.6 is 0 Å². The summed E-state index contributed by atoms with van der Waals surface area (Å²) in [6.45, 7) is 13.0. The van der Waals surface area contributed by atoms with Crippen LogP contribution in [0, 0.1) is 5.92 Å². The lowest BCUT2D eigenvalue weighted by molar-refractivity contribution is -0.0712. The van der Waals surface area contributed by atoms with Gasteiger partial charge in [0.2, 0.25) is 0 Å². The summed E-state index contributed by atoms with van der Waals surface area (Å²) in [5.41, 5.74) is 6.07. The Kier molecular flexibility index (Phi) is 6.61. The lowest BCUT2D eigenvalue weighted by Crippen LogP contribution is -2.52. The summed E-state index contributed by atoms with van der Waals surface area (Å²) < 4.78 is 5.80. The zero-order valence-corrected chi connectivity index (χ0v) is 12.9. The first-order valence-corrected chi connectivity index (χ1v) is 7.71. The molecule has 4 unspecified atom stereocenters. The summed E-state index contributed by atoms with van der Waals surface area (Å²) in [5, 5.41) is 0. The van der Waals surface area contributed by atoms with Crippen LogP contribution in [0.15, 0.2) is 0 Å². The zero-order chi connectivity index (χ0) is 13.7. The van der Waals surface area contributed by atoms with Gasteiger partial charge in [-0.25, -0.2) is 0 Å². The van der Waals surface area contributed by atoms with E-state index >= 15 is 0 Å². The number of likely N-dealkylation sites (tertiary alicyclic amines) is 1. The first-order valence-electron chi connectivity index (χ1n) is 7.71. The Balaban J connectivity index is 0.00000103. The van der Waals surface area contributed by atoms with Crippen LogP contribution in [0.5, 0.6) is 0 Å². The molecule has 2 N–H and O–H groups in total. The molecule has 3 heteroatoms. The highest BCUT2D eigenvalue weighted by Gasteiger charge is 2.32. The topological polar surface area (TPSA) is 38.5 Å². The number of piperidine rings is 1. The van der Waals surface area contributed by atoms with E-state index in [9.17, 15) is 0 Å². The Bertz CT molecular complexity index is 230. The molecular formula is C15H34N2O. The fraction of sp³-hybridized carbons (Fsp3) is 1.00. The van der Waals surface area contributed by atoms with Gasteiger partial charge in [-0.05, 0) is 45.6 Å². The largest absolute Gasteiger partial charge is 0.375 e. The van der Waals surface area contributed by atoms with E-state index in [0.717, 1.165) is 6.42 Å². The molecule has 0 aliphatic carbocycles. The second-order valence-electron chi connectivity index (χ2n) is 5.81. The number of nitrogens with zero attached hydrogens (tertiary/aromatic N) is 1. The number of hydrogen-bond donors (Lipinski definition) is 1. The Morgan fingerprint density at radius 2 is 1.67 bits per heavy atom. The molecule has 18 heavy (non-hydrogen) atoms. The SMILES string of the molecule is CC.CC1CC(N2CCC(N)C(C)C2)CC(C)O1.[HH]. The highest BCUT2D eigenvalue weighted by atomic mass is 16.5. The molecule has 0 radical (unpaired) electrons. The molecule has 0 aromatic rings. The molecule has 2 rings (SSSR count). The van der Waals surface area contributed by atoms with Gasteiger partial charge in [-0.15, -0.1) is 0 Å². The van der Waals surface area contributed by atoms with Gasteiger partial charge in [-0.3, -0.25) is 4.90 Å². The minimum Gasteiger partial charge on any atom is -0.375 e. The lowest BCUT2D eigenvalue weighted by Gasteiger charge is -2.44. The lowest BCUT2D eigenvalue weighted by atomic mass is 9.90. The second-order valence-corrected chi connectivity index (χ2v) is 5.81. The molecule has 2 aliphatic heterocycles. The van der Waals surface area contributed by atoms with Crippen LogP contribution in [0.4, 0.5) is 0 Å². The normalized spacial score (nSPS) is 42.0. The van der Waals surface area contributed by atoms with Crippen molar-refractivity contribution in [2.45, 2.75) is 78.2 Å². The molecule has 110 valence electrons. The molecule has 2 fully saturated rings. The maximum Gasteiger partial charge on any atom is 0.0565 e. The predicted molar refractivity (Wildman–Crippen MR) is 79.8 cm³/mol. The van der Waals surface area contributed by atoms with Gasteiger partial charge in [0, 0.05) is 20.1 Å². The van der Waals surface area contributed by atoms with E-state index in [1.165, 1.54) is 25.9 Å². The van der Waals surface area contributed by atoms with Crippen LogP contribution in [0.25, 0.3) is 0 Å². The minimum absolute atomic E-state index is 0. The van der Waals surface area contributed by atoms with Crippen LogP contribution in [-0.2, 0) is 4.74 Å². The molecule has 0 aromatic heterocycles. The minimum atomic E-state index is 0. The molecule has 0 amide bonds. The summed E-state index contributed by atoms with van der Waals surface area (Å²) in [7, 11) is 0. The van der Waals surface area contributed by atoms with E-state index in [1.807, 2.05) is 13.8 Å². The Morgan fingerprint density at radius 3 is 2.17 bits per heavy atom. The highest BCUT2D eigenvalue weighted by Crippen LogP contribution is 2.27. The van der Waals surface area contributed by atoms with Crippen LogP contribution in [0.3, 0.4) is 0 Å². The van der Waals surface area contributed by atoms with Gasteiger partial charge in [0.15, 0.2) is 0 Å². The third-order valence-corrected chi connectivity index (χ3v) is 4.19. The zero-order valence-electron chi connectivity index (χ0n) is 12.9. The average molecular weight is 258 g/mol. The van der Waals surface area contributed by atoms with Gasteiger partial charge in [0.1, 0.15) is 0 Å². The average Bonchev–Trinajstić information content (AvgIpc) is 2.34. The molecule has 0 spiro atoms. The molecular weight excluding hydrogens is 224 g/mol. The summed E-state index contributed by atoms with van der Waals surface area (Å²) in [6, 6.07) is 1.12. The molecule has 2 aliphatic rings. The van der Waals surface area contributed by atoms with Crippen molar-refractivity contribution < 1.29 is 6.16 Å². The fourth-order valence-electron chi connectivity index (χ4n) is 3.20. The van der Waals surface area contributed by atoms with Gasteiger partial charge in [0.25, 0.3) is 0 Å². The third-order valence-electron chi connectivity index (χ3n) is 4.19. The molecule has 0 saturated carbocycles. The number of ether oxygens (including phenoxy) is 1. The number of nitrogens with two attached hydrogens (primary N) is 1. The van der Waals surface area contributed by atoms with Crippen LogP contribution in [0.1, 0.15) is 55.3 Å². The smallest absolute Gasteiger partial charge is 0.0565 e. The van der Waals surface area contributed by atoms with E-state index in [0.29, 0.717) is 30.2 Å². The van der Waals surface area contributed by atoms with Gasteiger partial charge in [0.05, 0.1) is 12.2 Å². The molecule has 0 aromatic carbocycles. The van der Waals surface area contributed by atoms with Crippen molar-refractivity contribution in [2.24, 2.45) is 11.7 Å². The maximum absolute atomic E-state index is 6.07. The van der Waals surface area contributed by atoms with Crippen LogP contribution in [-0.4, -0.2) is 42.3 Å². The van der Waals surface area contributed by atoms with E-state index in [2.05, 4.69) is 25.7 Å². The summed E-state index contributed by atoms with van der Waals surface area (Å²) in [6.07, 6.45) is 4.36. The summed E-state index contributed by atoms with van der Waals surface area (Å²) in [4.78, 5) is 2.64. The van der Waals surface area contributed by atoms with Gasteiger partial charge < -0.3 is 10.5 Å². The van der Waals surface area contributed by atoms with E-state index in [1.54, 1.807) is 0 Å². The van der Waals surface area contributed by atoms with E-state index in [-0.39, 0.29) is 1.43 Å². The Morgan fingerprint density at radius 1 is 1.11 bits per heavy atom. The maximum atomic E-state index is 6.07. The Hall–Kier alpha value is -0.120.